The number of nitrogens with one attached hydrogen (secondary N) is 1. The highest BCUT2D eigenvalue weighted by Crippen LogP contribution is 2.23. The van der Waals surface area contributed by atoms with Crippen molar-refractivity contribution in [2.45, 2.75) is 19.8 Å². The molecule has 2 amide bonds. The number of fused-ring (bicyclic) bond motifs is 1. The molecule has 0 fully saturated rings. The van der Waals surface area contributed by atoms with Gasteiger partial charge in [0.15, 0.2) is 0 Å². The molecule has 0 spiro atoms. The Balaban J connectivity index is 2.03. The Morgan fingerprint density at radius 1 is 1.29 bits per heavy atom. The van der Waals surface area contributed by atoms with Crippen LogP contribution in [-0.2, 0) is 22.4 Å². The molecule has 0 atom stereocenters. The van der Waals surface area contributed by atoms with Crippen LogP contribution in [0.25, 0.3) is 11.0 Å². The van der Waals surface area contributed by atoms with Gasteiger partial charge in [-0.1, -0.05) is 19.1 Å². The highest BCUT2D eigenvalue weighted by Gasteiger charge is 2.12. The summed E-state index contributed by atoms with van der Waals surface area (Å²) < 4.78 is 5.50. The number of carbonyl (C=O) groups excluding carboxylic acids is 2. The van der Waals surface area contributed by atoms with E-state index in [1.165, 1.54) is 10.5 Å². The zero-order chi connectivity index (χ0) is 15.4. The average molecular weight is 288 g/mol. The molecule has 0 aliphatic rings. The molecule has 2 aromatic rings. The fourth-order valence-corrected chi connectivity index (χ4v) is 2.05. The lowest BCUT2D eigenvalue weighted by atomic mass is 10.1. The fraction of sp³-hybridized carbons (Fsp3) is 0.375. The van der Waals surface area contributed by atoms with E-state index in [9.17, 15) is 9.59 Å². The second-order valence-corrected chi connectivity index (χ2v) is 5.19. The number of furan rings is 1. The summed E-state index contributed by atoms with van der Waals surface area (Å²) in [7, 11) is 3.31. The Hall–Kier alpha value is -2.30. The number of benzene rings is 1. The van der Waals surface area contributed by atoms with Crippen molar-refractivity contribution in [3.63, 3.8) is 0 Å². The molecule has 0 bridgehead atoms. The molecule has 5 heteroatoms. The first-order valence-corrected chi connectivity index (χ1v) is 6.97. The quantitative estimate of drug-likeness (QED) is 0.911. The molecule has 0 saturated carbocycles. The Morgan fingerprint density at radius 2 is 2.05 bits per heavy atom. The summed E-state index contributed by atoms with van der Waals surface area (Å²) in [6.07, 6.45) is 2.76. The largest absolute Gasteiger partial charge is 0.464 e. The molecule has 0 aliphatic heterocycles. The van der Waals surface area contributed by atoms with Crippen molar-refractivity contribution in [3.8, 4) is 0 Å². The second kappa shape index (κ2) is 6.43. The highest BCUT2D eigenvalue weighted by molar-refractivity contribution is 5.90. The minimum Gasteiger partial charge on any atom is -0.464 e. The van der Waals surface area contributed by atoms with Crippen LogP contribution in [0.2, 0.25) is 0 Å². The molecule has 0 aliphatic carbocycles. The van der Waals surface area contributed by atoms with E-state index in [-0.39, 0.29) is 24.8 Å². The van der Waals surface area contributed by atoms with Crippen LogP contribution in [-0.4, -0.2) is 37.4 Å². The van der Waals surface area contributed by atoms with Crippen molar-refractivity contribution in [1.82, 2.24) is 10.2 Å². The SMILES string of the molecule is CCc1ccc2c(CC(=O)NCC(=O)N(C)C)coc2c1. The molecule has 0 unspecified atom stereocenters. The topological polar surface area (TPSA) is 62.6 Å². The fourth-order valence-electron chi connectivity index (χ4n) is 2.05. The summed E-state index contributed by atoms with van der Waals surface area (Å²) in [4.78, 5) is 24.8. The van der Waals surface area contributed by atoms with Crippen molar-refractivity contribution < 1.29 is 14.0 Å². The maximum Gasteiger partial charge on any atom is 0.241 e. The summed E-state index contributed by atoms with van der Waals surface area (Å²) in [5, 5.41) is 3.56. The molecule has 21 heavy (non-hydrogen) atoms. The van der Waals surface area contributed by atoms with Crippen molar-refractivity contribution in [1.29, 1.82) is 0 Å². The normalized spacial score (nSPS) is 10.6. The summed E-state index contributed by atoms with van der Waals surface area (Å²) in [6.45, 7) is 2.10. The van der Waals surface area contributed by atoms with Crippen molar-refractivity contribution in [3.05, 3.63) is 35.6 Å². The highest BCUT2D eigenvalue weighted by atomic mass is 16.3. The van der Waals surface area contributed by atoms with E-state index in [1.54, 1.807) is 20.4 Å². The number of carbonyl (C=O) groups is 2. The second-order valence-electron chi connectivity index (χ2n) is 5.19. The molecular weight excluding hydrogens is 268 g/mol. The van der Waals surface area contributed by atoms with Crippen LogP contribution in [0.15, 0.2) is 28.9 Å². The summed E-state index contributed by atoms with van der Waals surface area (Å²) in [5.41, 5.74) is 2.83. The third kappa shape index (κ3) is 3.62. The number of aryl methyl sites for hydroxylation is 1. The van der Waals surface area contributed by atoms with E-state index in [0.29, 0.717) is 0 Å². The lowest BCUT2D eigenvalue weighted by molar-refractivity contribution is -0.130. The molecule has 1 aromatic carbocycles. The van der Waals surface area contributed by atoms with Gasteiger partial charge in [0, 0.05) is 25.0 Å². The summed E-state index contributed by atoms with van der Waals surface area (Å²) >= 11 is 0. The van der Waals surface area contributed by atoms with Gasteiger partial charge in [-0.3, -0.25) is 9.59 Å². The monoisotopic (exact) mass is 288 g/mol. The smallest absolute Gasteiger partial charge is 0.241 e. The number of rotatable bonds is 5. The van der Waals surface area contributed by atoms with Crippen LogP contribution >= 0.6 is 0 Å². The lowest BCUT2D eigenvalue weighted by Crippen LogP contribution is -2.36. The first kappa shape index (κ1) is 15.1. The average Bonchev–Trinajstić information content (AvgIpc) is 2.86. The van der Waals surface area contributed by atoms with Crippen molar-refractivity contribution in [2.24, 2.45) is 0 Å². The zero-order valence-corrected chi connectivity index (χ0v) is 12.6. The van der Waals surface area contributed by atoms with Crippen molar-refractivity contribution in [2.75, 3.05) is 20.6 Å². The van der Waals surface area contributed by atoms with Crippen LogP contribution in [0, 0.1) is 0 Å². The van der Waals surface area contributed by atoms with Crippen LogP contribution in [0.3, 0.4) is 0 Å². The number of hydrogen-bond donors (Lipinski definition) is 1. The van der Waals surface area contributed by atoms with E-state index in [1.807, 2.05) is 18.2 Å². The van der Waals surface area contributed by atoms with E-state index < -0.39 is 0 Å². The Morgan fingerprint density at radius 3 is 2.71 bits per heavy atom. The molecule has 1 heterocycles. The molecule has 5 nitrogen and oxygen atoms in total. The van der Waals surface area contributed by atoms with Crippen LogP contribution in [0.4, 0.5) is 0 Å². The summed E-state index contributed by atoms with van der Waals surface area (Å²) in [5.74, 6) is -0.319. The molecule has 1 aromatic heterocycles. The summed E-state index contributed by atoms with van der Waals surface area (Å²) in [6, 6.07) is 6.01. The maximum atomic E-state index is 11.9. The van der Waals surface area contributed by atoms with Crippen LogP contribution in [0.1, 0.15) is 18.1 Å². The molecule has 1 N–H and O–H groups in total. The minimum atomic E-state index is -0.188. The predicted molar refractivity (Wildman–Crippen MR) is 81.0 cm³/mol. The number of hydrogen-bond acceptors (Lipinski definition) is 3. The molecule has 0 saturated heterocycles. The first-order valence-electron chi connectivity index (χ1n) is 6.97. The third-order valence-corrected chi connectivity index (χ3v) is 3.41. The number of nitrogens with zero attached hydrogens (tertiary/aromatic N) is 1. The Kier molecular flexibility index (Phi) is 4.62. The maximum absolute atomic E-state index is 11.9. The van der Waals surface area contributed by atoms with Gasteiger partial charge in [-0.05, 0) is 18.1 Å². The van der Waals surface area contributed by atoms with Crippen LogP contribution in [0.5, 0.6) is 0 Å². The van der Waals surface area contributed by atoms with E-state index in [2.05, 4.69) is 12.2 Å². The minimum absolute atomic E-state index is 0.0155. The number of amides is 2. The van der Waals surface area contributed by atoms with E-state index in [0.717, 1.165) is 23.0 Å². The lowest BCUT2D eigenvalue weighted by Gasteiger charge is -2.10. The van der Waals surface area contributed by atoms with Crippen molar-refractivity contribution >= 4 is 22.8 Å². The van der Waals surface area contributed by atoms with Gasteiger partial charge in [-0.15, -0.1) is 0 Å². The Labute approximate surface area is 123 Å². The number of likely N-dealkylation sites (N-methyl/N-ethyl adjacent to an activating group) is 1. The molecule has 2 rings (SSSR count). The van der Waals surface area contributed by atoms with Gasteiger partial charge >= 0.3 is 0 Å². The van der Waals surface area contributed by atoms with E-state index in [4.69, 9.17) is 4.42 Å². The van der Waals surface area contributed by atoms with Gasteiger partial charge in [0.2, 0.25) is 11.8 Å². The van der Waals surface area contributed by atoms with Gasteiger partial charge in [-0.25, -0.2) is 0 Å². The third-order valence-electron chi connectivity index (χ3n) is 3.41. The van der Waals surface area contributed by atoms with Crippen LogP contribution < -0.4 is 5.32 Å². The van der Waals surface area contributed by atoms with Gasteiger partial charge in [0.05, 0.1) is 19.2 Å². The predicted octanol–water partition coefficient (Wildman–Crippen LogP) is 1.74. The van der Waals surface area contributed by atoms with Gasteiger partial charge < -0.3 is 14.6 Å². The molecular formula is C16H20N2O3. The van der Waals surface area contributed by atoms with E-state index >= 15 is 0 Å². The van der Waals surface area contributed by atoms with Gasteiger partial charge in [0.25, 0.3) is 0 Å². The first-order chi connectivity index (χ1) is 10.0. The van der Waals surface area contributed by atoms with Gasteiger partial charge in [0.1, 0.15) is 5.58 Å². The standard InChI is InChI=1S/C16H20N2O3/c1-4-11-5-6-13-12(10-21-14(13)7-11)8-15(19)17-9-16(20)18(2)3/h5-7,10H,4,8-9H2,1-3H3,(H,17,19). The molecule has 112 valence electrons. The zero-order valence-electron chi connectivity index (χ0n) is 12.6. The molecule has 0 radical (unpaired) electrons. The van der Waals surface area contributed by atoms with Gasteiger partial charge in [-0.2, -0.15) is 0 Å². The Bertz CT molecular complexity index is 659.